The average molecular weight is 176 g/mol. The number of hydrogen-bond acceptors (Lipinski definition) is 4. The van der Waals surface area contributed by atoms with E-state index in [4.69, 9.17) is 6.48 Å². The topological polar surface area (TPSA) is 92.7 Å². The lowest BCUT2D eigenvalue weighted by Gasteiger charge is -2.06. The fourth-order valence-corrected chi connectivity index (χ4v) is 0.383. The van der Waals surface area contributed by atoms with Crippen molar-refractivity contribution in [1.82, 2.24) is 5.32 Å². The molecule has 0 radical (unpaired) electrons. The highest BCUT2D eigenvalue weighted by Gasteiger charge is 2.19. The van der Waals surface area contributed by atoms with Crippen LogP contribution in [-0.4, -0.2) is 36.1 Å². The summed E-state index contributed by atoms with van der Waals surface area (Å²) in [5, 5.41) is 10.2. The Bertz CT molecular complexity index is 229. The van der Waals surface area contributed by atoms with E-state index in [1.165, 1.54) is 6.92 Å². The molecule has 0 aliphatic carbocycles. The van der Waals surface area contributed by atoms with E-state index in [2.05, 4.69) is 4.74 Å². The summed E-state index contributed by atoms with van der Waals surface area (Å²) in [7, 11) is -0.673. The molecule has 0 aromatic rings. The maximum Gasteiger partial charge on any atom is 0.396 e. The number of carboxylic acids is 1. The van der Waals surface area contributed by atoms with Crippen molar-refractivity contribution in [2.24, 2.45) is 0 Å². The Morgan fingerprint density at radius 3 is 2.58 bits per heavy atom. The quantitative estimate of drug-likeness (QED) is 0.405. The number of esters is 1. The number of amides is 1. The van der Waals surface area contributed by atoms with Crippen LogP contribution in [0.3, 0.4) is 0 Å². The minimum atomic E-state index is -1.26. The molecule has 0 heterocycles. The maximum absolute atomic E-state index is 10.7. The molecule has 6 nitrogen and oxygen atoms in total. The molecular weight excluding hydrogens is 166 g/mol. The van der Waals surface area contributed by atoms with Crippen LogP contribution in [0.15, 0.2) is 0 Å². The zero-order valence-corrected chi connectivity index (χ0v) is 6.36. The Balaban J connectivity index is 4.00. The first-order valence-corrected chi connectivity index (χ1v) is 2.98. The zero-order valence-electron chi connectivity index (χ0n) is 7.36. The number of methoxy groups -OCH3 is 1. The van der Waals surface area contributed by atoms with Gasteiger partial charge in [0.1, 0.15) is 6.04 Å². The first kappa shape index (κ1) is 8.51. The van der Waals surface area contributed by atoms with Gasteiger partial charge in [0.05, 0.1) is 8.46 Å². The molecule has 0 fully saturated rings. The predicted octanol–water partition coefficient (Wildman–Crippen LogP) is -1.25. The molecule has 0 aromatic carbocycles. The van der Waals surface area contributed by atoms with E-state index in [0.717, 1.165) is 0 Å². The lowest BCUT2D eigenvalue weighted by atomic mass is 10.3. The van der Waals surface area contributed by atoms with Gasteiger partial charge in [0.25, 0.3) is 0 Å². The van der Waals surface area contributed by atoms with Gasteiger partial charge in [-0.15, -0.1) is 0 Å². The van der Waals surface area contributed by atoms with Crippen LogP contribution < -0.4 is 5.32 Å². The van der Waals surface area contributed by atoms with Gasteiger partial charge in [-0.05, 0) is 6.92 Å². The number of hydrogen-bond donors (Lipinski definition) is 2. The molecule has 0 rings (SSSR count). The number of carbonyl (C=O) groups is 3. The minimum Gasteiger partial charge on any atom is -0.480 e. The van der Waals surface area contributed by atoms with Crippen LogP contribution in [-0.2, 0) is 19.1 Å². The van der Waals surface area contributed by atoms with Crippen LogP contribution in [0.25, 0.3) is 0 Å². The Kier molecular flexibility index (Phi) is 3.06. The van der Waals surface area contributed by atoms with Gasteiger partial charge >= 0.3 is 17.8 Å². The highest BCUT2D eigenvalue weighted by atomic mass is 16.5. The molecular formula is C6H9NO5. The maximum atomic E-state index is 10.7. The summed E-state index contributed by atoms with van der Waals surface area (Å²) >= 11 is 0. The number of aliphatic carboxylic acids is 1. The summed E-state index contributed by atoms with van der Waals surface area (Å²) in [5.41, 5.74) is 0. The summed E-state index contributed by atoms with van der Waals surface area (Å²) in [6.07, 6.45) is 0. The minimum absolute atomic E-state index is 0.673. The highest BCUT2D eigenvalue weighted by molar-refractivity contribution is 6.32. The second-order valence-corrected chi connectivity index (χ2v) is 1.97. The van der Waals surface area contributed by atoms with Gasteiger partial charge in [-0.2, -0.15) is 0 Å². The summed E-state index contributed by atoms with van der Waals surface area (Å²) < 4.78 is 10.5. The van der Waals surface area contributed by atoms with E-state index in [1.807, 2.05) is 5.32 Å². The number of ether oxygens (including phenoxy) is 1. The standard InChI is InChI=1S/C6H9NO5/c1-3(5(9)10)7-4(8)6(11)12-2/h3H,1-2H3,(H,7,8)(H,9,10)/t3-/m0/s1/i2D. The van der Waals surface area contributed by atoms with Crippen molar-refractivity contribution in [2.75, 3.05) is 7.09 Å². The number of carbonyl (C=O) groups excluding carboxylic acids is 2. The summed E-state index contributed by atoms with van der Waals surface area (Å²) in [5.74, 6) is -3.68. The Labute approximate surface area is 69.9 Å². The van der Waals surface area contributed by atoms with Crippen molar-refractivity contribution in [1.29, 1.82) is 0 Å². The molecule has 1 atom stereocenters. The van der Waals surface area contributed by atoms with E-state index in [0.29, 0.717) is 0 Å². The van der Waals surface area contributed by atoms with Gasteiger partial charge in [0.15, 0.2) is 0 Å². The Hall–Kier alpha value is -1.59. The first-order chi connectivity index (χ1) is 5.99. The average Bonchev–Trinajstić information content (AvgIpc) is 2.04. The van der Waals surface area contributed by atoms with Gasteiger partial charge in [-0.25, -0.2) is 4.79 Å². The molecule has 68 valence electrons. The van der Waals surface area contributed by atoms with Crippen LogP contribution in [0.5, 0.6) is 0 Å². The largest absolute Gasteiger partial charge is 0.480 e. The molecule has 1 amide bonds. The summed E-state index contributed by atoms with van der Waals surface area (Å²) in [6, 6.07) is -1.16. The van der Waals surface area contributed by atoms with Gasteiger partial charge < -0.3 is 15.2 Å². The van der Waals surface area contributed by atoms with Crippen molar-refractivity contribution in [3.05, 3.63) is 0 Å². The number of nitrogens with one attached hydrogen (secondary N) is 1. The molecule has 6 heteroatoms. The second kappa shape index (κ2) is 4.32. The fraction of sp³-hybridized carbons (Fsp3) is 0.500. The van der Waals surface area contributed by atoms with Gasteiger partial charge in [-0.1, -0.05) is 0 Å². The van der Waals surface area contributed by atoms with E-state index in [-0.39, 0.29) is 0 Å². The lowest BCUT2D eigenvalue weighted by Crippen LogP contribution is -2.42. The van der Waals surface area contributed by atoms with Gasteiger partial charge in [-0.3, -0.25) is 9.59 Å². The molecule has 0 saturated heterocycles. The zero-order chi connectivity index (χ0) is 10.4. The number of carboxylic acid groups (broad SMARTS) is 1. The second-order valence-electron chi connectivity index (χ2n) is 1.97. The van der Waals surface area contributed by atoms with Crippen molar-refractivity contribution < 1.29 is 25.6 Å². The number of rotatable bonds is 2. The van der Waals surface area contributed by atoms with Gasteiger partial charge in [0.2, 0.25) is 0 Å². The normalized spacial score (nSPS) is 12.6. The third-order valence-electron chi connectivity index (χ3n) is 1.03. The molecule has 0 saturated carbocycles. The molecule has 12 heavy (non-hydrogen) atoms. The monoisotopic (exact) mass is 176 g/mol. The lowest BCUT2D eigenvalue weighted by molar-refractivity contribution is -0.154. The predicted molar refractivity (Wildman–Crippen MR) is 37.3 cm³/mol. The van der Waals surface area contributed by atoms with Crippen LogP contribution in [0.1, 0.15) is 8.29 Å². The van der Waals surface area contributed by atoms with Crippen LogP contribution >= 0.6 is 0 Å². The van der Waals surface area contributed by atoms with Crippen molar-refractivity contribution in [3.8, 4) is 0 Å². The Morgan fingerprint density at radius 2 is 2.17 bits per heavy atom. The SMILES string of the molecule is [2H]COC(=O)C(=O)N[C@@H](C)C(=O)O. The molecule has 0 unspecified atom stereocenters. The van der Waals surface area contributed by atoms with Crippen LogP contribution in [0.4, 0.5) is 0 Å². The summed E-state index contributed by atoms with van der Waals surface area (Å²) in [6.45, 7) is 1.20. The smallest absolute Gasteiger partial charge is 0.396 e. The Morgan fingerprint density at radius 1 is 1.58 bits per heavy atom. The molecule has 0 aliphatic heterocycles. The third-order valence-corrected chi connectivity index (χ3v) is 1.03. The molecule has 0 aliphatic rings. The van der Waals surface area contributed by atoms with Crippen LogP contribution in [0.2, 0.25) is 0 Å². The van der Waals surface area contributed by atoms with Crippen molar-refractivity contribution >= 4 is 17.8 Å². The van der Waals surface area contributed by atoms with E-state index < -0.39 is 31.0 Å². The van der Waals surface area contributed by atoms with Crippen LogP contribution in [0, 0.1) is 0 Å². The molecule has 0 aromatic heterocycles. The van der Waals surface area contributed by atoms with Gasteiger partial charge in [0, 0.05) is 0 Å². The third kappa shape index (κ3) is 3.00. The van der Waals surface area contributed by atoms with E-state index >= 15 is 0 Å². The highest BCUT2D eigenvalue weighted by Crippen LogP contribution is 1.82. The van der Waals surface area contributed by atoms with Crippen molar-refractivity contribution in [3.63, 3.8) is 0 Å². The summed E-state index contributed by atoms with van der Waals surface area (Å²) in [4.78, 5) is 31.5. The van der Waals surface area contributed by atoms with E-state index in [1.54, 1.807) is 0 Å². The molecule has 0 bridgehead atoms. The molecule has 2 N–H and O–H groups in total. The first-order valence-electron chi connectivity index (χ1n) is 3.69. The molecule has 0 spiro atoms. The van der Waals surface area contributed by atoms with Crippen molar-refractivity contribution in [2.45, 2.75) is 13.0 Å². The fourth-order valence-electron chi connectivity index (χ4n) is 0.383. The van der Waals surface area contributed by atoms with E-state index in [9.17, 15) is 14.4 Å².